The van der Waals surface area contributed by atoms with Crippen LogP contribution < -0.4 is 5.32 Å². The van der Waals surface area contributed by atoms with Crippen LogP contribution in [0.25, 0.3) is 0 Å². The van der Waals surface area contributed by atoms with Crippen molar-refractivity contribution in [1.82, 2.24) is 10.2 Å². The molecule has 1 heterocycles. The highest BCUT2D eigenvalue weighted by Crippen LogP contribution is 2.28. The van der Waals surface area contributed by atoms with Crippen molar-refractivity contribution >= 4 is 22.6 Å². The number of nitrogens with one attached hydrogen (secondary N) is 1. The van der Waals surface area contributed by atoms with Crippen LogP contribution in [0, 0.1) is 5.82 Å². The Labute approximate surface area is 199 Å². The maximum Gasteiger partial charge on any atom is 0.242 e. The van der Waals surface area contributed by atoms with Gasteiger partial charge in [0.25, 0.3) is 0 Å². The molecule has 4 atom stereocenters. The summed E-state index contributed by atoms with van der Waals surface area (Å²) in [5.41, 5.74) is 0.795. The van der Waals surface area contributed by atoms with Gasteiger partial charge in [-0.05, 0) is 48.9 Å². The van der Waals surface area contributed by atoms with Crippen molar-refractivity contribution in [3.63, 3.8) is 0 Å². The largest absolute Gasteiger partial charge is 0.354 e. The number of unbranched alkanes of at least 4 members (excludes halogenated alkanes) is 3. The van der Waals surface area contributed by atoms with Gasteiger partial charge in [-0.1, -0.05) is 62.2 Å². The Balaban J connectivity index is 1.41. The predicted molar refractivity (Wildman–Crippen MR) is 129 cm³/mol. The molecule has 2 aromatic rings. The monoisotopic (exact) mass is 473 g/mol. The molecule has 0 saturated carbocycles. The summed E-state index contributed by atoms with van der Waals surface area (Å²) in [5, 5.41) is 2.30. The van der Waals surface area contributed by atoms with Gasteiger partial charge in [-0.3, -0.25) is 13.8 Å². The number of likely N-dealkylation sites (tertiary alicyclic amines) is 1. The fourth-order valence-corrected chi connectivity index (χ4v) is 5.39. The third-order valence-corrected chi connectivity index (χ3v) is 7.33. The van der Waals surface area contributed by atoms with Gasteiger partial charge in [0.2, 0.25) is 11.8 Å². The van der Waals surface area contributed by atoms with Crippen LogP contribution in [0.15, 0.2) is 54.6 Å². The number of β-lactam (4-membered cyclic amide) rings is 1. The van der Waals surface area contributed by atoms with Gasteiger partial charge >= 0.3 is 0 Å². The lowest BCUT2D eigenvalue weighted by atomic mass is 10.1. The molecule has 5 nitrogen and oxygen atoms in total. The lowest BCUT2D eigenvalue weighted by Gasteiger charge is -2.43. The summed E-state index contributed by atoms with van der Waals surface area (Å²) in [4.78, 5) is 26.5. The number of hydrogen-bond acceptors (Lipinski definition) is 3. The van der Waals surface area contributed by atoms with Crippen LogP contribution in [-0.2, 0) is 32.5 Å². The molecule has 1 aliphatic heterocycles. The molecule has 0 bridgehead atoms. The molecule has 3 rings (SSSR count). The van der Waals surface area contributed by atoms with Gasteiger partial charge in [-0.15, -0.1) is 0 Å². The predicted octanol–water partition coefficient (Wildman–Crippen LogP) is 4.33. The molecule has 178 valence electrons. The second-order valence-corrected chi connectivity index (χ2v) is 9.76. The van der Waals surface area contributed by atoms with Crippen LogP contribution in [0.4, 0.5) is 4.39 Å². The highest BCUT2D eigenvalue weighted by molar-refractivity contribution is 7.85. The fraction of sp³-hybridized carbons (Fsp3) is 0.462. The first-order chi connectivity index (χ1) is 16.4. The SMILES string of the molecule is [2H]C(c1ccccc1)S(=O)C1CC(=O)N1C(CC)C(=O)NCCCCCCc1ccc(F)cc1. The van der Waals surface area contributed by atoms with E-state index in [1.807, 2.05) is 13.0 Å². The molecule has 1 saturated heterocycles. The molecule has 2 aromatic carbocycles. The van der Waals surface area contributed by atoms with Crippen LogP contribution in [0.3, 0.4) is 0 Å². The third-order valence-electron chi connectivity index (χ3n) is 5.90. The zero-order valence-corrected chi connectivity index (χ0v) is 19.9. The molecule has 4 unspecified atom stereocenters. The summed E-state index contributed by atoms with van der Waals surface area (Å²) >= 11 is 0. The minimum Gasteiger partial charge on any atom is -0.354 e. The van der Waals surface area contributed by atoms with E-state index in [9.17, 15) is 18.2 Å². The molecule has 2 amide bonds. The van der Waals surface area contributed by atoms with Gasteiger partial charge in [-0.25, -0.2) is 4.39 Å². The molecular formula is C26H33FN2O3S. The van der Waals surface area contributed by atoms with Crippen LogP contribution in [0.2, 0.25) is 0 Å². The minimum absolute atomic E-state index is 0.104. The van der Waals surface area contributed by atoms with Crippen molar-refractivity contribution in [3.05, 3.63) is 71.5 Å². The first kappa shape index (κ1) is 23.6. The molecular weight excluding hydrogens is 439 g/mol. The van der Waals surface area contributed by atoms with Crippen molar-refractivity contribution < 1.29 is 19.6 Å². The Morgan fingerprint density at radius 2 is 1.82 bits per heavy atom. The Hall–Kier alpha value is -2.54. The molecule has 33 heavy (non-hydrogen) atoms. The van der Waals surface area contributed by atoms with E-state index >= 15 is 0 Å². The van der Waals surface area contributed by atoms with Gasteiger partial charge in [0.05, 0.1) is 12.1 Å². The number of carbonyl (C=O) groups is 2. The maximum atomic E-state index is 13.0. The Kier molecular flexibility index (Phi) is 9.04. The van der Waals surface area contributed by atoms with E-state index in [1.165, 1.54) is 17.0 Å². The van der Waals surface area contributed by atoms with Crippen LogP contribution in [-0.4, -0.2) is 38.9 Å². The minimum atomic E-state index is -1.62. The molecule has 0 aliphatic carbocycles. The van der Waals surface area contributed by atoms with Crippen LogP contribution >= 0.6 is 0 Å². The molecule has 7 heteroatoms. The zero-order chi connectivity index (χ0) is 24.5. The van der Waals surface area contributed by atoms with Crippen molar-refractivity contribution in [2.75, 3.05) is 6.54 Å². The molecule has 1 fully saturated rings. The summed E-state index contributed by atoms with van der Waals surface area (Å²) in [6, 6.07) is 14.8. The van der Waals surface area contributed by atoms with Crippen molar-refractivity contribution in [3.8, 4) is 0 Å². The molecule has 0 aromatic heterocycles. The zero-order valence-electron chi connectivity index (χ0n) is 20.0. The topological polar surface area (TPSA) is 66.5 Å². The van der Waals surface area contributed by atoms with Crippen molar-refractivity contribution in [2.45, 2.75) is 69.0 Å². The summed E-state index contributed by atoms with van der Waals surface area (Å²) in [6.45, 7) is 2.35. The number of aryl methyl sites for hydroxylation is 1. The van der Waals surface area contributed by atoms with Gasteiger partial charge in [-0.2, -0.15) is 0 Å². The highest BCUT2D eigenvalue weighted by Gasteiger charge is 2.45. The average molecular weight is 474 g/mol. The Morgan fingerprint density at radius 1 is 1.12 bits per heavy atom. The molecule has 0 spiro atoms. The summed E-state index contributed by atoms with van der Waals surface area (Å²) in [6.07, 6.45) is 5.25. The Morgan fingerprint density at radius 3 is 2.48 bits per heavy atom. The summed E-state index contributed by atoms with van der Waals surface area (Å²) in [7, 11) is -1.62. The van der Waals surface area contributed by atoms with Crippen molar-refractivity contribution in [2.24, 2.45) is 0 Å². The lowest BCUT2D eigenvalue weighted by molar-refractivity contribution is -0.150. The Bertz CT molecular complexity index is 974. The highest BCUT2D eigenvalue weighted by atomic mass is 32.2. The van der Waals surface area contributed by atoms with Crippen LogP contribution in [0.1, 0.15) is 57.9 Å². The fourth-order valence-electron chi connectivity index (χ4n) is 4.01. The van der Waals surface area contributed by atoms with E-state index in [-0.39, 0.29) is 24.1 Å². The number of halogens is 1. The standard InChI is InChI=1S/C26H33FN2O3S/c1-2-23(29-24(30)18-25(29)33(32)19-21-11-7-5-8-12-21)26(31)28-17-9-4-3-6-10-20-13-15-22(27)16-14-20/h5,7-8,11-16,23,25H,2-4,6,9-10,17-19H2,1H3,(H,28,31)/i19D. The van der Waals surface area contributed by atoms with E-state index in [0.29, 0.717) is 18.5 Å². The van der Waals surface area contributed by atoms with Crippen molar-refractivity contribution in [1.29, 1.82) is 0 Å². The van der Waals surface area contributed by atoms with Gasteiger partial charge < -0.3 is 10.2 Å². The quantitative estimate of drug-likeness (QED) is 0.348. The van der Waals surface area contributed by atoms with E-state index in [1.54, 1.807) is 36.4 Å². The number of amides is 2. The number of hydrogen-bond donors (Lipinski definition) is 1. The van der Waals surface area contributed by atoms with Gasteiger partial charge in [0.15, 0.2) is 0 Å². The second kappa shape index (κ2) is 12.6. The van der Waals surface area contributed by atoms with Gasteiger partial charge in [0, 0.05) is 18.7 Å². The second-order valence-electron chi connectivity index (χ2n) is 8.32. The molecule has 1 N–H and O–H groups in total. The molecule has 0 radical (unpaired) electrons. The first-order valence-corrected chi connectivity index (χ1v) is 12.9. The molecule has 1 aliphatic rings. The maximum absolute atomic E-state index is 13.0. The lowest BCUT2D eigenvalue weighted by Crippen LogP contribution is -2.62. The normalized spacial score (nSPS) is 18.7. The number of rotatable bonds is 13. The van der Waals surface area contributed by atoms with Crippen LogP contribution in [0.5, 0.6) is 0 Å². The third kappa shape index (κ3) is 7.22. The summed E-state index contributed by atoms with van der Waals surface area (Å²) in [5.74, 6) is -0.649. The van der Waals surface area contributed by atoms with E-state index < -0.39 is 27.9 Å². The number of benzene rings is 2. The van der Waals surface area contributed by atoms with E-state index in [2.05, 4.69) is 5.32 Å². The smallest absolute Gasteiger partial charge is 0.242 e. The van der Waals surface area contributed by atoms with E-state index in [4.69, 9.17) is 1.37 Å². The van der Waals surface area contributed by atoms with E-state index in [0.717, 1.165) is 37.7 Å². The number of carbonyl (C=O) groups excluding carboxylic acids is 2. The van der Waals surface area contributed by atoms with Gasteiger partial charge in [0.1, 0.15) is 17.2 Å². The first-order valence-electron chi connectivity index (χ1n) is 12.2. The summed E-state index contributed by atoms with van der Waals surface area (Å²) < 4.78 is 34.3. The number of nitrogens with zero attached hydrogens (tertiary/aromatic N) is 1. The average Bonchev–Trinajstić information content (AvgIpc) is 2.85.